The molecule has 44 heavy (non-hydrogen) atoms. The van der Waals surface area contributed by atoms with Crippen molar-refractivity contribution < 1.29 is 19.0 Å². The van der Waals surface area contributed by atoms with E-state index in [2.05, 4.69) is 41.6 Å². The molecular formula is C36H48N4O4. The Bertz CT molecular complexity index is 1460. The Kier molecular flexibility index (Phi) is 11.7. The van der Waals surface area contributed by atoms with Gasteiger partial charge in [-0.1, -0.05) is 56.3 Å². The second-order valence-electron chi connectivity index (χ2n) is 11.9. The summed E-state index contributed by atoms with van der Waals surface area (Å²) >= 11 is 0. The van der Waals surface area contributed by atoms with Crippen LogP contribution in [0.15, 0.2) is 72.8 Å². The second kappa shape index (κ2) is 15.6. The molecule has 0 aliphatic rings. The number of benzene rings is 3. The van der Waals surface area contributed by atoms with E-state index >= 15 is 0 Å². The molecule has 1 unspecified atom stereocenters. The van der Waals surface area contributed by atoms with Crippen LogP contribution in [0.3, 0.4) is 0 Å². The van der Waals surface area contributed by atoms with Gasteiger partial charge in [0.05, 0.1) is 23.7 Å². The molecule has 1 heterocycles. The van der Waals surface area contributed by atoms with E-state index in [-0.39, 0.29) is 0 Å². The summed E-state index contributed by atoms with van der Waals surface area (Å²) < 4.78 is 19.9. The molecule has 1 aromatic heterocycles. The van der Waals surface area contributed by atoms with Crippen molar-refractivity contribution in [1.82, 2.24) is 19.8 Å². The van der Waals surface area contributed by atoms with Crippen molar-refractivity contribution in [1.29, 1.82) is 0 Å². The third-order valence-corrected chi connectivity index (χ3v) is 7.46. The molecule has 0 aliphatic carbocycles. The maximum atomic E-state index is 13.0. The van der Waals surface area contributed by atoms with Crippen LogP contribution in [0.25, 0.3) is 11.0 Å². The largest absolute Gasteiger partial charge is 0.493 e. The smallest absolute Gasteiger partial charge is 0.408 e. The average Bonchev–Trinajstić information content (AvgIpc) is 3.38. The molecular weight excluding hydrogens is 552 g/mol. The zero-order valence-corrected chi connectivity index (χ0v) is 27.1. The lowest BCUT2D eigenvalue weighted by atomic mass is 10.0. The van der Waals surface area contributed by atoms with Crippen LogP contribution in [0.4, 0.5) is 4.79 Å². The fourth-order valence-corrected chi connectivity index (χ4v) is 5.18. The first-order valence-corrected chi connectivity index (χ1v) is 15.8. The highest BCUT2D eigenvalue weighted by molar-refractivity contribution is 5.78. The summed E-state index contributed by atoms with van der Waals surface area (Å²) in [6.07, 6.45) is 1.03. The molecule has 236 valence electrons. The minimum absolute atomic E-state index is 0.410. The number of nitrogens with one attached hydrogen (secondary N) is 1. The molecule has 0 saturated carbocycles. The molecule has 8 nitrogen and oxygen atoms in total. The quantitative estimate of drug-likeness (QED) is 0.142. The molecule has 0 fully saturated rings. The Morgan fingerprint density at radius 2 is 1.61 bits per heavy atom. The lowest BCUT2D eigenvalue weighted by Crippen LogP contribution is -2.36. The molecule has 4 aromatic rings. The molecule has 8 heteroatoms. The molecule has 0 saturated heterocycles. The van der Waals surface area contributed by atoms with Crippen LogP contribution < -0.4 is 14.8 Å². The Morgan fingerprint density at radius 3 is 2.27 bits per heavy atom. The number of nitrogens with zero attached hydrogens (tertiary/aromatic N) is 3. The van der Waals surface area contributed by atoms with Crippen molar-refractivity contribution in [3.63, 3.8) is 0 Å². The van der Waals surface area contributed by atoms with Gasteiger partial charge in [0.1, 0.15) is 29.5 Å². The summed E-state index contributed by atoms with van der Waals surface area (Å²) in [5, 5.41) is 3.10. The fourth-order valence-electron chi connectivity index (χ4n) is 5.18. The number of rotatable bonds is 15. The van der Waals surface area contributed by atoms with Crippen LogP contribution in [0.1, 0.15) is 71.0 Å². The topological polar surface area (TPSA) is 77.8 Å². The summed E-state index contributed by atoms with van der Waals surface area (Å²) in [7, 11) is 0. The standard InChI is InChI=1S/C36H48N4O4/c1-7-39(8-2)22-13-23-42-30-20-21-31-33(25-30)40(9-3)34(37-31)32(38-35(41)44-36(4,5)6)24-27-16-18-29(19-17-27)43-26-28-14-11-10-12-15-28/h10-12,14-21,25,32H,7-9,13,22-24,26H2,1-6H3,(H,38,41). The van der Waals surface area contributed by atoms with Gasteiger partial charge >= 0.3 is 6.09 Å². The number of alkyl carbamates (subject to hydrolysis) is 1. The Labute approximate surface area is 262 Å². The molecule has 0 spiro atoms. The molecule has 1 atom stereocenters. The van der Waals surface area contributed by atoms with Gasteiger partial charge in [0, 0.05) is 25.6 Å². The van der Waals surface area contributed by atoms with Gasteiger partial charge in [-0.2, -0.15) is 0 Å². The van der Waals surface area contributed by atoms with Crippen LogP contribution in [0, 0.1) is 0 Å². The third-order valence-electron chi connectivity index (χ3n) is 7.46. The van der Waals surface area contributed by atoms with Crippen molar-refractivity contribution >= 4 is 17.1 Å². The zero-order chi connectivity index (χ0) is 31.5. The van der Waals surface area contributed by atoms with E-state index in [0.29, 0.717) is 26.2 Å². The summed E-state index contributed by atoms with van der Waals surface area (Å²) in [5.41, 5.74) is 3.38. The predicted octanol–water partition coefficient (Wildman–Crippen LogP) is 7.55. The number of carbonyl (C=O) groups is 1. The highest BCUT2D eigenvalue weighted by Crippen LogP contribution is 2.28. The zero-order valence-electron chi connectivity index (χ0n) is 27.1. The van der Waals surface area contributed by atoms with Crippen molar-refractivity contribution in [3.8, 4) is 11.5 Å². The molecule has 0 radical (unpaired) electrons. The van der Waals surface area contributed by atoms with E-state index in [1.54, 1.807) is 0 Å². The predicted molar refractivity (Wildman–Crippen MR) is 176 cm³/mol. The van der Waals surface area contributed by atoms with Crippen molar-refractivity contribution in [2.75, 3.05) is 26.2 Å². The van der Waals surface area contributed by atoms with E-state index in [1.807, 2.05) is 87.5 Å². The van der Waals surface area contributed by atoms with Gasteiger partial charge in [-0.25, -0.2) is 9.78 Å². The van der Waals surface area contributed by atoms with Crippen molar-refractivity contribution in [2.45, 2.75) is 79.2 Å². The number of hydrogen-bond donors (Lipinski definition) is 1. The van der Waals surface area contributed by atoms with E-state index in [1.165, 1.54) is 0 Å². The Balaban J connectivity index is 1.53. The number of amides is 1. The average molecular weight is 601 g/mol. The lowest BCUT2D eigenvalue weighted by molar-refractivity contribution is 0.0500. The molecule has 1 N–H and O–H groups in total. The molecule has 3 aromatic carbocycles. The number of ether oxygens (including phenoxy) is 3. The first-order chi connectivity index (χ1) is 21.2. The molecule has 4 rings (SSSR count). The van der Waals surface area contributed by atoms with Crippen LogP contribution in [-0.2, 0) is 24.3 Å². The van der Waals surface area contributed by atoms with Crippen LogP contribution in [0.5, 0.6) is 11.5 Å². The van der Waals surface area contributed by atoms with Gasteiger partial charge in [0.2, 0.25) is 0 Å². The Morgan fingerprint density at radius 1 is 0.909 bits per heavy atom. The van der Waals surface area contributed by atoms with Gasteiger partial charge in [-0.15, -0.1) is 0 Å². The van der Waals surface area contributed by atoms with Crippen LogP contribution >= 0.6 is 0 Å². The van der Waals surface area contributed by atoms with Crippen LogP contribution in [-0.4, -0.2) is 52.4 Å². The summed E-state index contributed by atoms with van der Waals surface area (Å²) in [6.45, 7) is 17.0. The number of aromatic nitrogens is 2. The van der Waals surface area contributed by atoms with Crippen LogP contribution in [0.2, 0.25) is 0 Å². The number of aryl methyl sites for hydroxylation is 1. The number of carbonyl (C=O) groups excluding carboxylic acids is 1. The van der Waals surface area contributed by atoms with E-state index < -0.39 is 17.7 Å². The van der Waals surface area contributed by atoms with E-state index in [9.17, 15) is 4.79 Å². The Hall–Kier alpha value is -4.04. The second-order valence-corrected chi connectivity index (χ2v) is 11.9. The summed E-state index contributed by atoms with van der Waals surface area (Å²) in [5.74, 6) is 2.39. The maximum absolute atomic E-state index is 13.0. The first kappa shape index (κ1) is 32.9. The van der Waals surface area contributed by atoms with Gasteiger partial charge in [-0.05, 0) is 82.6 Å². The summed E-state index contributed by atoms with van der Waals surface area (Å²) in [6, 6.07) is 23.7. The number of imidazole rings is 1. The monoisotopic (exact) mass is 600 g/mol. The first-order valence-electron chi connectivity index (χ1n) is 15.8. The van der Waals surface area contributed by atoms with Crippen molar-refractivity contribution in [3.05, 3.63) is 89.7 Å². The minimum Gasteiger partial charge on any atom is -0.493 e. The third kappa shape index (κ3) is 9.48. The number of fused-ring (bicyclic) bond motifs is 1. The highest BCUT2D eigenvalue weighted by atomic mass is 16.6. The maximum Gasteiger partial charge on any atom is 0.408 e. The lowest BCUT2D eigenvalue weighted by Gasteiger charge is -2.24. The van der Waals surface area contributed by atoms with E-state index in [4.69, 9.17) is 19.2 Å². The highest BCUT2D eigenvalue weighted by Gasteiger charge is 2.25. The molecule has 0 aliphatic heterocycles. The minimum atomic E-state index is -0.616. The number of hydrogen-bond acceptors (Lipinski definition) is 6. The molecule has 1 amide bonds. The normalized spacial score (nSPS) is 12.3. The van der Waals surface area contributed by atoms with Gasteiger partial charge < -0.3 is 29.0 Å². The van der Waals surface area contributed by atoms with Crippen molar-refractivity contribution in [2.24, 2.45) is 0 Å². The van der Waals surface area contributed by atoms with Gasteiger partial charge in [-0.3, -0.25) is 0 Å². The summed E-state index contributed by atoms with van der Waals surface area (Å²) in [4.78, 5) is 20.4. The van der Waals surface area contributed by atoms with E-state index in [0.717, 1.165) is 65.5 Å². The fraction of sp³-hybridized carbons (Fsp3) is 0.444. The van der Waals surface area contributed by atoms with Gasteiger partial charge in [0.25, 0.3) is 0 Å². The molecule has 0 bridgehead atoms. The van der Waals surface area contributed by atoms with Gasteiger partial charge in [0.15, 0.2) is 0 Å². The SMILES string of the molecule is CCN(CC)CCCOc1ccc2nc(C(Cc3ccc(OCc4ccccc4)cc3)NC(=O)OC(C)(C)C)n(CC)c2c1.